The molecule has 2 unspecified atom stereocenters. The first-order chi connectivity index (χ1) is 8.89. The second-order valence-electron chi connectivity index (χ2n) is 5.63. The number of halogens is 2. The van der Waals surface area contributed by atoms with Gasteiger partial charge in [-0.3, -0.25) is 16.3 Å². The maximum Gasteiger partial charge on any atom is 0.248 e. The van der Waals surface area contributed by atoms with Crippen molar-refractivity contribution in [1.82, 2.24) is 10.4 Å². The van der Waals surface area contributed by atoms with Gasteiger partial charge >= 0.3 is 0 Å². The predicted molar refractivity (Wildman–Crippen MR) is 70.7 cm³/mol. The van der Waals surface area contributed by atoms with Crippen molar-refractivity contribution in [2.45, 2.75) is 51.5 Å². The normalized spacial score (nSPS) is 23.5. The lowest BCUT2D eigenvalue weighted by Gasteiger charge is -2.20. The molecule has 0 amide bonds. The van der Waals surface area contributed by atoms with Gasteiger partial charge in [-0.05, 0) is 50.3 Å². The summed E-state index contributed by atoms with van der Waals surface area (Å²) in [5.41, 5.74) is 5.60. The van der Waals surface area contributed by atoms with E-state index in [4.69, 9.17) is 5.84 Å². The van der Waals surface area contributed by atoms with Gasteiger partial charge in [-0.2, -0.15) is 0 Å². The second-order valence-corrected chi connectivity index (χ2v) is 5.63. The van der Waals surface area contributed by atoms with Crippen LogP contribution in [0.1, 0.15) is 48.7 Å². The van der Waals surface area contributed by atoms with Crippen molar-refractivity contribution in [3.8, 4) is 0 Å². The van der Waals surface area contributed by atoms with Gasteiger partial charge in [0.15, 0.2) is 0 Å². The molecule has 19 heavy (non-hydrogen) atoms. The number of rotatable bonds is 4. The first-order valence-electron chi connectivity index (χ1n) is 6.69. The first kappa shape index (κ1) is 14.3. The Hall–Kier alpha value is -1.07. The number of nitrogens with two attached hydrogens (primary N) is 1. The van der Waals surface area contributed by atoms with E-state index < -0.39 is 5.92 Å². The third-order valence-corrected chi connectivity index (χ3v) is 3.75. The molecule has 3 nitrogen and oxygen atoms in total. The lowest BCUT2D eigenvalue weighted by atomic mass is 9.95. The number of hydrogen-bond donors (Lipinski definition) is 2. The van der Waals surface area contributed by atoms with Crippen molar-refractivity contribution in [2.24, 2.45) is 11.8 Å². The van der Waals surface area contributed by atoms with Crippen molar-refractivity contribution in [3.05, 3.63) is 29.1 Å². The number of hydrogen-bond acceptors (Lipinski definition) is 3. The molecule has 1 aliphatic carbocycles. The van der Waals surface area contributed by atoms with Crippen molar-refractivity contribution < 1.29 is 8.78 Å². The molecule has 3 N–H and O–H groups in total. The minimum absolute atomic E-state index is 0.00473. The van der Waals surface area contributed by atoms with Crippen LogP contribution in [-0.4, -0.2) is 10.9 Å². The van der Waals surface area contributed by atoms with Gasteiger partial charge in [0, 0.05) is 18.5 Å². The molecule has 1 aliphatic rings. The number of pyridine rings is 1. The highest BCUT2D eigenvalue weighted by atomic mass is 19.3. The third-order valence-electron chi connectivity index (χ3n) is 3.75. The van der Waals surface area contributed by atoms with Gasteiger partial charge < -0.3 is 0 Å². The lowest BCUT2D eigenvalue weighted by molar-refractivity contribution is 0.00428. The van der Waals surface area contributed by atoms with Crippen molar-refractivity contribution in [2.75, 3.05) is 0 Å². The predicted octanol–water partition coefficient (Wildman–Crippen LogP) is 3.03. The zero-order chi connectivity index (χ0) is 14.0. The SMILES string of the molecule is Cc1cc(C)nc(C(CC2CCC(F)(F)C2)NN)c1. The van der Waals surface area contributed by atoms with Gasteiger partial charge in [-0.1, -0.05) is 0 Å². The van der Waals surface area contributed by atoms with Crippen molar-refractivity contribution >= 4 is 0 Å². The summed E-state index contributed by atoms with van der Waals surface area (Å²) in [5, 5.41) is 0. The highest BCUT2D eigenvalue weighted by molar-refractivity contribution is 5.21. The Morgan fingerprint density at radius 3 is 2.74 bits per heavy atom. The van der Waals surface area contributed by atoms with Gasteiger partial charge in [0.2, 0.25) is 5.92 Å². The number of nitrogens with zero attached hydrogens (tertiary/aromatic N) is 1. The van der Waals surface area contributed by atoms with Crippen molar-refractivity contribution in [1.29, 1.82) is 0 Å². The zero-order valence-electron chi connectivity index (χ0n) is 11.4. The van der Waals surface area contributed by atoms with E-state index in [-0.39, 0.29) is 24.8 Å². The van der Waals surface area contributed by atoms with E-state index in [0.717, 1.165) is 17.0 Å². The van der Waals surface area contributed by atoms with Crippen LogP contribution in [0.25, 0.3) is 0 Å². The summed E-state index contributed by atoms with van der Waals surface area (Å²) in [6, 6.07) is 3.79. The fourth-order valence-electron chi connectivity index (χ4n) is 2.90. The van der Waals surface area contributed by atoms with E-state index in [1.165, 1.54) is 0 Å². The summed E-state index contributed by atoms with van der Waals surface area (Å²) < 4.78 is 26.4. The molecular weight excluding hydrogens is 248 g/mol. The molecule has 1 aromatic heterocycles. The van der Waals surface area contributed by atoms with Crippen molar-refractivity contribution in [3.63, 3.8) is 0 Å². The molecule has 0 saturated heterocycles. The molecule has 2 atom stereocenters. The van der Waals surface area contributed by atoms with Crippen LogP contribution in [0, 0.1) is 19.8 Å². The first-order valence-corrected chi connectivity index (χ1v) is 6.69. The van der Waals surface area contributed by atoms with E-state index in [2.05, 4.69) is 10.4 Å². The van der Waals surface area contributed by atoms with Crippen LogP contribution in [0.2, 0.25) is 0 Å². The Bertz CT molecular complexity index is 428. The van der Waals surface area contributed by atoms with Gasteiger partial charge in [0.1, 0.15) is 0 Å². The van der Waals surface area contributed by atoms with Gasteiger partial charge in [-0.25, -0.2) is 8.78 Å². The van der Waals surface area contributed by atoms with E-state index in [1.54, 1.807) is 0 Å². The summed E-state index contributed by atoms with van der Waals surface area (Å²) in [6.07, 6.45) is 1.14. The Kier molecular flexibility index (Phi) is 4.16. The summed E-state index contributed by atoms with van der Waals surface area (Å²) in [5.74, 6) is 3.09. The number of aromatic nitrogens is 1. The van der Waals surface area contributed by atoms with Crippen LogP contribution in [0.3, 0.4) is 0 Å². The lowest BCUT2D eigenvalue weighted by Crippen LogP contribution is -2.30. The molecule has 1 heterocycles. The molecule has 1 fully saturated rings. The summed E-state index contributed by atoms with van der Waals surface area (Å²) >= 11 is 0. The largest absolute Gasteiger partial charge is 0.271 e. The average Bonchev–Trinajstić information content (AvgIpc) is 2.64. The van der Waals surface area contributed by atoms with Crippen LogP contribution < -0.4 is 11.3 Å². The topological polar surface area (TPSA) is 50.9 Å². The number of hydrazine groups is 1. The van der Waals surface area contributed by atoms with E-state index >= 15 is 0 Å². The molecule has 1 aromatic rings. The zero-order valence-corrected chi connectivity index (χ0v) is 11.4. The van der Waals surface area contributed by atoms with E-state index in [0.29, 0.717) is 12.8 Å². The minimum Gasteiger partial charge on any atom is -0.271 e. The summed E-state index contributed by atoms with van der Waals surface area (Å²) in [4.78, 5) is 4.45. The van der Waals surface area contributed by atoms with Crippen LogP contribution in [0.4, 0.5) is 8.78 Å². The summed E-state index contributed by atoms with van der Waals surface area (Å²) in [6.45, 7) is 3.92. The molecule has 0 aromatic carbocycles. The Morgan fingerprint density at radius 2 is 2.21 bits per heavy atom. The van der Waals surface area contributed by atoms with Crippen LogP contribution in [0.15, 0.2) is 12.1 Å². The Labute approximate surface area is 112 Å². The number of nitrogens with one attached hydrogen (secondary N) is 1. The monoisotopic (exact) mass is 269 g/mol. The molecule has 0 spiro atoms. The fraction of sp³-hybridized carbons (Fsp3) is 0.643. The minimum atomic E-state index is -2.50. The average molecular weight is 269 g/mol. The molecular formula is C14H21F2N3. The maximum absolute atomic E-state index is 13.2. The van der Waals surface area contributed by atoms with Gasteiger partial charge in [0.25, 0.3) is 0 Å². The van der Waals surface area contributed by atoms with E-state index in [1.807, 2.05) is 26.0 Å². The second kappa shape index (κ2) is 5.51. The summed E-state index contributed by atoms with van der Waals surface area (Å²) in [7, 11) is 0. The van der Waals surface area contributed by atoms with Gasteiger partial charge in [-0.15, -0.1) is 0 Å². The maximum atomic E-state index is 13.2. The molecule has 0 radical (unpaired) electrons. The smallest absolute Gasteiger partial charge is 0.248 e. The Morgan fingerprint density at radius 1 is 1.47 bits per heavy atom. The highest BCUT2D eigenvalue weighted by Gasteiger charge is 2.40. The van der Waals surface area contributed by atoms with Crippen LogP contribution >= 0.6 is 0 Å². The number of alkyl halides is 2. The van der Waals surface area contributed by atoms with E-state index in [9.17, 15) is 8.78 Å². The van der Waals surface area contributed by atoms with Crippen LogP contribution in [0.5, 0.6) is 0 Å². The third kappa shape index (κ3) is 3.70. The molecule has 1 saturated carbocycles. The fourth-order valence-corrected chi connectivity index (χ4v) is 2.90. The molecule has 2 rings (SSSR count). The molecule has 0 aliphatic heterocycles. The highest BCUT2D eigenvalue weighted by Crippen LogP contribution is 2.42. The van der Waals surface area contributed by atoms with Gasteiger partial charge in [0.05, 0.1) is 11.7 Å². The van der Waals surface area contributed by atoms with Crippen LogP contribution in [-0.2, 0) is 0 Å². The molecule has 106 valence electrons. The standard InChI is InChI=1S/C14H21F2N3/c1-9-5-10(2)18-12(6-9)13(19-17)7-11-3-4-14(15,16)8-11/h5-6,11,13,19H,3-4,7-8,17H2,1-2H3. The Balaban J connectivity index is 2.08. The molecule has 0 bridgehead atoms. The quantitative estimate of drug-likeness (QED) is 0.652. The number of aryl methyl sites for hydroxylation is 2. The molecule has 5 heteroatoms.